The third-order valence-corrected chi connectivity index (χ3v) is 11.5. The molecule has 8 aromatic carbocycles. The summed E-state index contributed by atoms with van der Waals surface area (Å²) in [7, 11) is 0. The van der Waals surface area contributed by atoms with Crippen molar-refractivity contribution in [2.75, 3.05) is 0 Å². The van der Waals surface area contributed by atoms with E-state index >= 15 is 0 Å². The van der Waals surface area contributed by atoms with Crippen LogP contribution in [0.15, 0.2) is 231 Å². The first-order valence-corrected chi connectivity index (χ1v) is 20.6. The van der Waals surface area contributed by atoms with E-state index in [4.69, 9.17) is 15.1 Å². The Bertz CT molecular complexity index is 3290. The van der Waals surface area contributed by atoms with Crippen LogP contribution in [-0.4, -0.2) is 19.6 Å². The van der Waals surface area contributed by atoms with E-state index in [1.807, 2.05) is 24.3 Å². The Labute approximate surface area is 354 Å². The number of rotatable bonds is 8. The van der Waals surface area contributed by atoms with E-state index in [1.165, 1.54) is 11.1 Å². The van der Waals surface area contributed by atoms with E-state index in [2.05, 4.69) is 211 Å². The minimum absolute atomic E-state index is 0.689. The molecule has 0 unspecified atom stereocenters. The molecule has 11 aromatic rings. The van der Waals surface area contributed by atoms with Gasteiger partial charge in [-0.05, 0) is 33.7 Å². The standard InChI is InChI=1S/C57H38N4/c1-6-18-39(19-7-1)40-30-32-41(33-31-40)50-38-51(59-57(58-50)47-26-14-5-15-27-47)42-34-36-44(37-35-42)52-48-28-16-17-29-49(48)56-53(43-20-8-2-9-21-43)54(45-22-10-3-11-23-45)60-61(56)55(52)46-24-12-4-13-25-46/h1-38H. The van der Waals surface area contributed by atoms with Crippen LogP contribution in [-0.2, 0) is 0 Å². The maximum atomic E-state index is 5.54. The van der Waals surface area contributed by atoms with Gasteiger partial charge in [-0.25, -0.2) is 14.5 Å². The predicted octanol–water partition coefficient (Wildman–Crippen LogP) is 14.6. The van der Waals surface area contributed by atoms with Crippen molar-refractivity contribution in [3.8, 4) is 89.8 Å². The van der Waals surface area contributed by atoms with Crippen LogP contribution in [0.3, 0.4) is 0 Å². The second-order valence-corrected chi connectivity index (χ2v) is 15.2. The van der Waals surface area contributed by atoms with Crippen molar-refractivity contribution >= 4 is 16.3 Å². The quantitative estimate of drug-likeness (QED) is 0.154. The maximum Gasteiger partial charge on any atom is 0.160 e. The lowest BCUT2D eigenvalue weighted by atomic mass is 9.91. The molecule has 286 valence electrons. The van der Waals surface area contributed by atoms with Gasteiger partial charge in [0.1, 0.15) is 5.69 Å². The largest absolute Gasteiger partial charge is 0.231 e. The summed E-state index contributed by atoms with van der Waals surface area (Å²) in [6, 6.07) is 80.9. The normalized spacial score (nSPS) is 11.3. The van der Waals surface area contributed by atoms with Gasteiger partial charge in [0.15, 0.2) is 5.82 Å². The highest BCUT2D eigenvalue weighted by Crippen LogP contribution is 2.46. The molecule has 0 aliphatic heterocycles. The zero-order chi connectivity index (χ0) is 40.5. The lowest BCUT2D eigenvalue weighted by Gasteiger charge is -2.18. The zero-order valence-corrected chi connectivity index (χ0v) is 33.2. The Morgan fingerprint density at radius 2 is 0.689 bits per heavy atom. The Hall–Kier alpha value is -8.21. The molecule has 0 spiro atoms. The van der Waals surface area contributed by atoms with Crippen molar-refractivity contribution in [1.82, 2.24) is 19.6 Å². The summed E-state index contributed by atoms with van der Waals surface area (Å²) in [4.78, 5) is 10.3. The van der Waals surface area contributed by atoms with Gasteiger partial charge in [0.25, 0.3) is 0 Å². The minimum Gasteiger partial charge on any atom is -0.231 e. The monoisotopic (exact) mass is 778 g/mol. The summed E-state index contributed by atoms with van der Waals surface area (Å²) in [6.45, 7) is 0. The lowest BCUT2D eigenvalue weighted by molar-refractivity contribution is 0.981. The summed E-state index contributed by atoms with van der Waals surface area (Å²) < 4.78 is 2.19. The Morgan fingerprint density at radius 1 is 0.295 bits per heavy atom. The van der Waals surface area contributed by atoms with Crippen LogP contribution in [0.2, 0.25) is 0 Å². The highest BCUT2D eigenvalue weighted by Gasteiger charge is 2.25. The molecule has 4 heteroatoms. The summed E-state index contributed by atoms with van der Waals surface area (Å²) in [5.74, 6) is 0.689. The van der Waals surface area contributed by atoms with E-state index in [9.17, 15) is 0 Å². The Kier molecular flexibility index (Phi) is 9.14. The first-order valence-electron chi connectivity index (χ1n) is 20.6. The molecule has 0 N–H and O–H groups in total. The molecule has 0 amide bonds. The summed E-state index contributed by atoms with van der Waals surface area (Å²) >= 11 is 0. The summed E-state index contributed by atoms with van der Waals surface area (Å²) in [5, 5.41) is 7.84. The van der Waals surface area contributed by atoms with Gasteiger partial charge in [0.2, 0.25) is 0 Å². The topological polar surface area (TPSA) is 43.1 Å². The average Bonchev–Trinajstić information content (AvgIpc) is 3.76. The number of pyridine rings is 1. The van der Waals surface area contributed by atoms with Crippen LogP contribution in [0.25, 0.3) is 106 Å². The van der Waals surface area contributed by atoms with E-state index < -0.39 is 0 Å². The number of nitrogens with zero attached hydrogens (tertiary/aromatic N) is 4. The van der Waals surface area contributed by atoms with Crippen LogP contribution in [0.1, 0.15) is 0 Å². The van der Waals surface area contributed by atoms with Gasteiger partial charge in [0, 0.05) is 44.3 Å². The third-order valence-electron chi connectivity index (χ3n) is 11.5. The molecule has 61 heavy (non-hydrogen) atoms. The molecule has 0 bridgehead atoms. The van der Waals surface area contributed by atoms with Crippen molar-refractivity contribution in [2.45, 2.75) is 0 Å². The fourth-order valence-electron chi connectivity index (χ4n) is 8.53. The van der Waals surface area contributed by atoms with Gasteiger partial charge in [-0.15, -0.1) is 0 Å². The minimum atomic E-state index is 0.689. The third kappa shape index (κ3) is 6.67. The van der Waals surface area contributed by atoms with Crippen molar-refractivity contribution in [3.05, 3.63) is 231 Å². The zero-order valence-electron chi connectivity index (χ0n) is 33.2. The highest BCUT2D eigenvalue weighted by molar-refractivity contribution is 6.14. The number of hydrogen-bond acceptors (Lipinski definition) is 3. The first kappa shape index (κ1) is 35.9. The second kappa shape index (κ2) is 15.5. The van der Waals surface area contributed by atoms with Gasteiger partial charge in [0.05, 0.1) is 22.6 Å². The number of fused-ring (bicyclic) bond motifs is 3. The van der Waals surface area contributed by atoms with Crippen LogP contribution in [0.5, 0.6) is 0 Å². The average molecular weight is 779 g/mol. The molecule has 3 heterocycles. The fourth-order valence-corrected chi connectivity index (χ4v) is 8.53. The van der Waals surface area contributed by atoms with E-state index in [1.54, 1.807) is 0 Å². The van der Waals surface area contributed by atoms with Crippen molar-refractivity contribution in [2.24, 2.45) is 0 Å². The molecular weight excluding hydrogens is 741 g/mol. The molecule has 0 saturated carbocycles. The van der Waals surface area contributed by atoms with Gasteiger partial charge in [-0.2, -0.15) is 5.10 Å². The maximum absolute atomic E-state index is 5.54. The smallest absolute Gasteiger partial charge is 0.160 e. The molecule has 0 aliphatic rings. The van der Waals surface area contributed by atoms with E-state index in [0.29, 0.717) is 5.82 Å². The van der Waals surface area contributed by atoms with Crippen LogP contribution in [0.4, 0.5) is 0 Å². The Morgan fingerprint density at radius 3 is 1.25 bits per heavy atom. The molecule has 3 aromatic heterocycles. The van der Waals surface area contributed by atoms with Gasteiger partial charge >= 0.3 is 0 Å². The molecule has 0 aliphatic carbocycles. The molecule has 0 fully saturated rings. The molecule has 0 radical (unpaired) electrons. The SMILES string of the molecule is c1ccc(-c2ccc(-c3cc(-c4ccc(-c5c(-c6ccccc6)n6nc(-c7ccccc7)c(-c7ccccc7)c6c6ccccc56)cc4)nc(-c4ccccc4)n3)cc2)cc1. The first-order chi connectivity index (χ1) is 30.3. The van der Waals surface area contributed by atoms with Crippen LogP contribution >= 0.6 is 0 Å². The molecule has 4 nitrogen and oxygen atoms in total. The van der Waals surface area contributed by atoms with Crippen LogP contribution in [0, 0.1) is 0 Å². The number of aromatic nitrogens is 4. The van der Waals surface area contributed by atoms with Gasteiger partial charge < -0.3 is 0 Å². The van der Waals surface area contributed by atoms with Gasteiger partial charge in [-0.1, -0.05) is 224 Å². The number of benzene rings is 8. The molecule has 0 atom stereocenters. The number of hydrogen-bond donors (Lipinski definition) is 0. The van der Waals surface area contributed by atoms with E-state index in [-0.39, 0.29) is 0 Å². The Balaban J connectivity index is 1.10. The lowest BCUT2D eigenvalue weighted by Crippen LogP contribution is -2.00. The van der Waals surface area contributed by atoms with Gasteiger partial charge in [-0.3, -0.25) is 0 Å². The fraction of sp³-hybridized carbons (Fsp3) is 0. The van der Waals surface area contributed by atoms with Crippen molar-refractivity contribution in [3.63, 3.8) is 0 Å². The van der Waals surface area contributed by atoms with Crippen molar-refractivity contribution in [1.29, 1.82) is 0 Å². The summed E-state index contributed by atoms with van der Waals surface area (Å²) in [6.07, 6.45) is 0. The molecule has 0 saturated heterocycles. The van der Waals surface area contributed by atoms with E-state index in [0.717, 1.165) is 89.1 Å². The summed E-state index contributed by atoms with van der Waals surface area (Å²) in [5.41, 5.74) is 16.8. The second-order valence-electron chi connectivity index (χ2n) is 15.2. The van der Waals surface area contributed by atoms with Crippen molar-refractivity contribution < 1.29 is 0 Å². The van der Waals surface area contributed by atoms with Crippen LogP contribution < -0.4 is 0 Å². The molecular formula is C57H38N4. The molecule has 11 rings (SSSR count). The predicted molar refractivity (Wildman–Crippen MR) is 252 cm³/mol. The highest BCUT2D eigenvalue weighted by atomic mass is 15.2.